The van der Waals surface area contributed by atoms with Gasteiger partial charge in [-0.3, -0.25) is 4.79 Å². The molecule has 1 saturated heterocycles. The van der Waals surface area contributed by atoms with Gasteiger partial charge in [-0.15, -0.1) is 12.3 Å². The van der Waals surface area contributed by atoms with Crippen LogP contribution in [-0.4, -0.2) is 41.6 Å². The molecule has 0 aromatic rings. The Kier molecular flexibility index (Phi) is 3.90. The molecule has 2 amide bonds. The van der Waals surface area contributed by atoms with Crippen LogP contribution in [0.3, 0.4) is 0 Å². The van der Waals surface area contributed by atoms with E-state index < -0.39 is 17.2 Å². The van der Waals surface area contributed by atoms with Crippen LogP contribution in [0.1, 0.15) is 33.6 Å². The zero-order chi connectivity index (χ0) is 14.0. The van der Waals surface area contributed by atoms with Crippen molar-refractivity contribution in [2.75, 3.05) is 13.6 Å². The summed E-state index contributed by atoms with van der Waals surface area (Å²) >= 11 is 0. The second kappa shape index (κ2) is 4.89. The molecule has 0 bridgehead atoms. The van der Waals surface area contributed by atoms with E-state index in [-0.39, 0.29) is 12.3 Å². The number of carbonyl (C=O) groups excluding carboxylic acids is 2. The summed E-state index contributed by atoms with van der Waals surface area (Å²) in [6, 6.07) is 0. The Bertz CT molecular complexity index is 392. The first kappa shape index (κ1) is 14.4. The first-order valence-electron chi connectivity index (χ1n) is 5.90. The first-order valence-corrected chi connectivity index (χ1v) is 5.90. The summed E-state index contributed by atoms with van der Waals surface area (Å²) < 4.78 is 5.31. The van der Waals surface area contributed by atoms with Crippen LogP contribution in [0.15, 0.2) is 0 Å². The fourth-order valence-corrected chi connectivity index (χ4v) is 1.87. The second-order valence-corrected chi connectivity index (χ2v) is 5.62. The van der Waals surface area contributed by atoms with Crippen LogP contribution in [0.25, 0.3) is 0 Å². The molecule has 1 heterocycles. The lowest BCUT2D eigenvalue weighted by Gasteiger charge is -2.28. The molecule has 0 unspecified atom stereocenters. The fourth-order valence-electron chi connectivity index (χ4n) is 1.87. The molecule has 0 radical (unpaired) electrons. The average molecular weight is 252 g/mol. The van der Waals surface area contributed by atoms with Crippen molar-refractivity contribution in [2.45, 2.75) is 44.8 Å². The molecule has 1 aliphatic rings. The Morgan fingerprint density at radius 1 is 1.61 bits per heavy atom. The molecular weight excluding hydrogens is 232 g/mol. The molecule has 0 aromatic heterocycles. The van der Waals surface area contributed by atoms with E-state index in [4.69, 9.17) is 11.2 Å². The molecule has 5 nitrogen and oxygen atoms in total. The third kappa shape index (κ3) is 3.16. The summed E-state index contributed by atoms with van der Waals surface area (Å²) in [5.41, 5.74) is -1.61. The summed E-state index contributed by atoms with van der Waals surface area (Å²) in [4.78, 5) is 25.3. The molecule has 1 N–H and O–H groups in total. The maximum absolute atomic E-state index is 12.0. The smallest absolute Gasteiger partial charge is 0.408 e. The molecule has 18 heavy (non-hydrogen) atoms. The maximum Gasteiger partial charge on any atom is 0.408 e. The molecule has 1 aliphatic heterocycles. The van der Waals surface area contributed by atoms with Crippen molar-refractivity contribution in [3.05, 3.63) is 0 Å². The lowest BCUT2D eigenvalue weighted by atomic mass is 9.98. The summed E-state index contributed by atoms with van der Waals surface area (Å²) in [6.45, 7) is 6.06. The van der Waals surface area contributed by atoms with Gasteiger partial charge in [-0.1, -0.05) is 0 Å². The number of alkyl carbamates (subject to hydrolysis) is 1. The fraction of sp³-hybridized carbons (Fsp3) is 0.692. The molecule has 1 atom stereocenters. The van der Waals surface area contributed by atoms with Gasteiger partial charge in [0, 0.05) is 25.6 Å². The molecule has 100 valence electrons. The number of hydrogen-bond donors (Lipinski definition) is 1. The SMILES string of the molecule is C#CC[C@]1(OC(=O)NC(C)(C)C)CCN(C)C1=O. The van der Waals surface area contributed by atoms with Gasteiger partial charge in [0.25, 0.3) is 5.91 Å². The Labute approximate surface area is 108 Å². The lowest BCUT2D eigenvalue weighted by Crippen LogP contribution is -2.49. The highest BCUT2D eigenvalue weighted by molar-refractivity contribution is 5.89. The molecule has 1 fully saturated rings. The minimum atomic E-state index is -1.20. The van der Waals surface area contributed by atoms with E-state index in [1.807, 2.05) is 20.8 Å². The van der Waals surface area contributed by atoms with Crippen molar-refractivity contribution < 1.29 is 14.3 Å². The quantitative estimate of drug-likeness (QED) is 0.750. The molecule has 1 rings (SSSR count). The molecule has 0 aliphatic carbocycles. The number of likely N-dealkylation sites (tertiary alicyclic amines) is 1. The van der Waals surface area contributed by atoms with E-state index >= 15 is 0 Å². The van der Waals surface area contributed by atoms with E-state index in [0.29, 0.717) is 13.0 Å². The van der Waals surface area contributed by atoms with Crippen LogP contribution in [0.2, 0.25) is 0 Å². The molecule has 0 aromatic carbocycles. The Hall–Kier alpha value is -1.70. The van der Waals surface area contributed by atoms with Crippen molar-refractivity contribution in [1.29, 1.82) is 0 Å². The Morgan fingerprint density at radius 2 is 2.22 bits per heavy atom. The summed E-state index contributed by atoms with van der Waals surface area (Å²) in [7, 11) is 1.67. The number of nitrogens with one attached hydrogen (secondary N) is 1. The van der Waals surface area contributed by atoms with E-state index in [0.717, 1.165) is 0 Å². The van der Waals surface area contributed by atoms with Gasteiger partial charge in [0.1, 0.15) is 0 Å². The maximum atomic E-state index is 12.0. The van der Waals surface area contributed by atoms with Crippen molar-refractivity contribution in [1.82, 2.24) is 10.2 Å². The Balaban J connectivity index is 2.80. The monoisotopic (exact) mass is 252 g/mol. The zero-order valence-electron chi connectivity index (χ0n) is 11.4. The van der Waals surface area contributed by atoms with Gasteiger partial charge in [0.05, 0.1) is 6.42 Å². The number of carbonyl (C=O) groups is 2. The molecular formula is C13H20N2O3. The van der Waals surface area contributed by atoms with Crippen LogP contribution < -0.4 is 5.32 Å². The number of rotatable bonds is 2. The minimum Gasteiger partial charge on any atom is -0.432 e. The Morgan fingerprint density at radius 3 is 2.61 bits per heavy atom. The second-order valence-electron chi connectivity index (χ2n) is 5.62. The number of ether oxygens (including phenoxy) is 1. The highest BCUT2D eigenvalue weighted by Gasteiger charge is 2.48. The summed E-state index contributed by atoms with van der Waals surface area (Å²) in [5, 5.41) is 2.66. The van der Waals surface area contributed by atoms with E-state index in [9.17, 15) is 9.59 Å². The number of hydrogen-bond acceptors (Lipinski definition) is 3. The van der Waals surface area contributed by atoms with Crippen LogP contribution in [0.4, 0.5) is 4.79 Å². The van der Waals surface area contributed by atoms with Crippen molar-refractivity contribution in [3.63, 3.8) is 0 Å². The number of nitrogens with zero attached hydrogens (tertiary/aromatic N) is 1. The van der Waals surface area contributed by atoms with E-state index in [1.165, 1.54) is 4.90 Å². The minimum absolute atomic E-state index is 0.105. The van der Waals surface area contributed by atoms with Crippen molar-refractivity contribution >= 4 is 12.0 Å². The van der Waals surface area contributed by atoms with E-state index in [1.54, 1.807) is 7.05 Å². The number of terminal acetylenes is 1. The average Bonchev–Trinajstić information content (AvgIpc) is 2.45. The van der Waals surface area contributed by atoms with Crippen molar-refractivity contribution in [2.24, 2.45) is 0 Å². The summed E-state index contributed by atoms with van der Waals surface area (Å²) in [5.74, 6) is 2.19. The zero-order valence-corrected chi connectivity index (χ0v) is 11.4. The molecule has 0 spiro atoms. The predicted molar refractivity (Wildman–Crippen MR) is 67.8 cm³/mol. The molecule has 0 saturated carbocycles. The highest BCUT2D eigenvalue weighted by atomic mass is 16.6. The standard InChI is InChI=1S/C13H20N2O3/c1-6-7-13(8-9-15(5)10(13)16)18-11(17)14-12(2,3)4/h1H,7-9H2,2-5H3,(H,14,17)/t13-/m0/s1. The normalized spacial score (nSPS) is 23.7. The largest absolute Gasteiger partial charge is 0.432 e. The van der Waals surface area contributed by atoms with Gasteiger partial charge in [0.2, 0.25) is 5.60 Å². The van der Waals surface area contributed by atoms with Gasteiger partial charge in [-0.05, 0) is 20.8 Å². The van der Waals surface area contributed by atoms with E-state index in [2.05, 4.69) is 11.2 Å². The number of amides is 2. The van der Waals surface area contributed by atoms with Crippen LogP contribution >= 0.6 is 0 Å². The van der Waals surface area contributed by atoms with Gasteiger partial charge >= 0.3 is 6.09 Å². The topological polar surface area (TPSA) is 58.6 Å². The van der Waals surface area contributed by atoms with Crippen molar-refractivity contribution in [3.8, 4) is 12.3 Å². The van der Waals surface area contributed by atoms with Crippen LogP contribution in [0, 0.1) is 12.3 Å². The van der Waals surface area contributed by atoms with Gasteiger partial charge in [-0.2, -0.15) is 0 Å². The van der Waals surface area contributed by atoms with Crippen LogP contribution in [0.5, 0.6) is 0 Å². The highest BCUT2D eigenvalue weighted by Crippen LogP contribution is 2.29. The van der Waals surface area contributed by atoms with Gasteiger partial charge < -0.3 is 15.0 Å². The lowest BCUT2D eigenvalue weighted by molar-refractivity contribution is -0.142. The third-order valence-electron chi connectivity index (χ3n) is 2.74. The first-order chi connectivity index (χ1) is 8.20. The number of likely N-dealkylation sites (N-methyl/N-ethyl adjacent to an activating group) is 1. The summed E-state index contributed by atoms with van der Waals surface area (Å²) in [6.07, 6.45) is 5.20. The predicted octanol–water partition coefficient (Wildman–Crippen LogP) is 1.14. The third-order valence-corrected chi connectivity index (χ3v) is 2.74. The van der Waals surface area contributed by atoms with Gasteiger partial charge in [0.15, 0.2) is 0 Å². The van der Waals surface area contributed by atoms with Gasteiger partial charge in [-0.25, -0.2) is 4.79 Å². The van der Waals surface area contributed by atoms with Crippen LogP contribution in [-0.2, 0) is 9.53 Å². The molecule has 5 heteroatoms.